The molecular formula is C13H15N3S. The Bertz CT molecular complexity index is 503. The highest BCUT2D eigenvalue weighted by molar-refractivity contribution is 7.15. The van der Waals surface area contributed by atoms with E-state index in [4.69, 9.17) is 0 Å². The van der Waals surface area contributed by atoms with Crippen LogP contribution in [0.25, 0.3) is 10.6 Å². The molecule has 0 saturated heterocycles. The number of aromatic nitrogens is 2. The van der Waals surface area contributed by atoms with Gasteiger partial charge in [0.15, 0.2) is 0 Å². The van der Waals surface area contributed by atoms with Gasteiger partial charge in [-0.15, -0.1) is 11.3 Å². The van der Waals surface area contributed by atoms with Crippen molar-refractivity contribution in [3.05, 3.63) is 35.1 Å². The van der Waals surface area contributed by atoms with E-state index in [9.17, 15) is 0 Å². The van der Waals surface area contributed by atoms with Gasteiger partial charge in [0, 0.05) is 35.4 Å². The van der Waals surface area contributed by atoms with Crippen LogP contribution in [0.5, 0.6) is 0 Å². The summed E-state index contributed by atoms with van der Waals surface area (Å²) >= 11 is 1.77. The highest BCUT2D eigenvalue weighted by Crippen LogP contribution is 2.28. The number of hydrogen-bond donors (Lipinski definition) is 1. The van der Waals surface area contributed by atoms with Crippen molar-refractivity contribution in [1.82, 2.24) is 15.3 Å². The molecule has 1 N–H and O–H groups in total. The van der Waals surface area contributed by atoms with Crippen molar-refractivity contribution in [3.8, 4) is 10.6 Å². The van der Waals surface area contributed by atoms with Crippen LogP contribution >= 0.6 is 11.3 Å². The Morgan fingerprint density at radius 2 is 2.35 bits per heavy atom. The van der Waals surface area contributed by atoms with Crippen molar-refractivity contribution in [3.63, 3.8) is 0 Å². The molecule has 88 valence electrons. The summed E-state index contributed by atoms with van der Waals surface area (Å²) in [5, 5.41) is 4.61. The Hall–Kier alpha value is -1.26. The van der Waals surface area contributed by atoms with Crippen molar-refractivity contribution >= 4 is 11.3 Å². The molecule has 0 amide bonds. The maximum atomic E-state index is 4.62. The van der Waals surface area contributed by atoms with Crippen LogP contribution in [0.4, 0.5) is 0 Å². The summed E-state index contributed by atoms with van der Waals surface area (Å²) < 4.78 is 0. The monoisotopic (exact) mass is 245 g/mol. The zero-order valence-electron chi connectivity index (χ0n) is 9.81. The Balaban J connectivity index is 1.79. The van der Waals surface area contributed by atoms with Gasteiger partial charge in [0.1, 0.15) is 5.01 Å². The minimum atomic E-state index is 0.748. The standard InChI is InChI=1S/C13H15N3S/c1-9-12(8-15-11-4-5-11)17-13(16-9)10-3-2-6-14-7-10/h2-3,6-7,11,15H,4-5,8H2,1H3. The first-order chi connectivity index (χ1) is 8.33. The van der Waals surface area contributed by atoms with E-state index in [1.807, 2.05) is 12.3 Å². The van der Waals surface area contributed by atoms with Gasteiger partial charge in [-0.05, 0) is 31.9 Å². The lowest BCUT2D eigenvalue weighted by molar-refractivity contribution is 0.691. The van der Waals surface area contributed by atoms with Crippen molar-refractivity contribution in [1.29, 1.82) is 0 Å². The third kappa shape index (κ3) is 2.53. The highest BCUT2D eigenvalue weighted by atomic mass is 32.1. The number of pyridine rings is 1. The maximum absolute atomic E-state index is 4.62. The van der Waals surface area contributed by atoms with Crippen LogP contribution in [0.3, 0.4) is 0 Å². The van der Waals surface area contributed by atoms with Crippen LogP contribution in [0.1, 0.15) is 23.4 Å². The molecule has 1 saturated carbocycles. The van der Waals surface area contributed by atoms with Crippen molar-refractivity contribution < 1.29 is 0 Å². The van der Waals surface area contributed by atoms with Crippen molar-refractivity contribution in [2.24, 2.45) is 0 Å². The summed E-state index contributed by atoms with van der Waals surface area (Å²) in [6.07, 6.45) is 6.32. The predicted octanol–water partition coefficient (Wildman–Crippen LogP) is 2.77. The van der Waals surface area contributed by atoms with Gasteiger partial charge in [-0.2, -0.15) is 0 Å². The predicted molar refractivity (Wildman–Crippen MR) is 69.9 cm³/mol. The molecule has 0 atom stereocenters. The fraction of sp³-hybridized carbons (Fsp3) is 0.385. The van der Waals surface area contributed by atoms with E-state index in [1.165, 1.54) is 17.7 Å². The number of thiazole rings is 1. The minimum Gasteiger partial charge on any atom is -0.309 e. The van der Waals surface area contributed by atoms with E-state index in [0.29, 0.717) is 0 Å². The molecule has 0 spiro atoms. The number of nitrogens with zero attached hydrogens (tertiary/aromatic N) is 2. The molecular weight excluding hydrogens is 230 g/mol. The zero-order valence-corrected chi connectivity index (χ0v) is 10.6. The molecule has 17 heavy (non-hydrogen) atoms. The molecule has 0 bridgehead atoms. The van der Waals surface area contributed by atoms with Gasteiger partial charge in [-0.1, -0.05) is 0 Å². The average Bonchev–Trinajstić information content (AvgIpc) is 3.12. The van der Waals surface area contributed by atoms with Crippen molar-refractivity contribution in [2.75, 3.05) is 0 Å². The summed E-state index contributed by atoms with van der Waals surface area (Å²) in [6.45, 7) is 3.04. The molecule has 2 aromatic rings. The van der Waals surface area contributed by atoms with Gasteiger partial charge < -0.3 is 5.32 Å². The van der Waals surface area contributed by atoms with E-state index in [1.54, 1.807) is 17.5 Å². The fourth-order valence-corrected chi connectivity index (χ4v) is 2.73. The van der Waals surface area contributed by atoms with Gasteiger partial charge in [0.25, 0.3) is 0 Å². The fourth-order valence-electron chi connectivity index (χ4n) is 1.73. The Morgan fingerprint density at radius 1 is 1.47 bits per heavy atom. The second kappa shape index (κ2) is 4.55. The number of hydrogen-bond acceptors (Lipinski definition) is 4. The summed E-state index contributed by atoms with van der Waals surface area (Å²) in [5.74, 6) is 0. The molecule has 1 aliphatic carbocycles. The van der Waals surface area contributed by atoms with Gasteiger partial charge >= 0.3 is 0 Å². The summed E-state index contributed by atoms with van der Waals surface area (Å²) in [4.78, 5) is 10.1. The molecule has 1 fully saturated rings. The molecule has 0 radical (unpaired) electrons. The first-order valence-corrected chi connectivity index (χ1v) is 6.74. The van der Waals surface area contributed by atoms with E-state index >= 15 is 0 Å². The number of aryl methyl sites for hydroxylation is 1. The molecule has 3 nitrogen and oxygen atoms in total. The van der Waals surface area contributed by atoms with E-state index in [2.05, 4.69) is 28.3 Å². The lowest BCUT2D eigenvalue weighted by Gasteiger charge is -1.99. The van der Waals surface area contributed by atoms with Gasteiger partial charge in [-0.3, -0.25) is 4.98 Å². The Kier molecular flexibility index (Phi) is 2.91. The van der Waals surface area contributed by atoms with E-state index in [-0.39, 0.29) is 0 Å². The molecule has 1 aliphatic rings. The number of nitrogens with one attached hydrogen (secondary N) is 1. The van der Waals surface area contributed by atoms with Gasteiger partial charge in [-0.25, -0.2) is 4.98 Å². The van der Waals surface area contributed by atoms with Crippen LogP contribution in [-0.2, 0) is 6.54 Å². The van der Waals surface area contributed by atoms with Crippen LogP contribution in [-0.4, -0.2) is 16.0 Å². The lowest BCUT2D eigenvalue weighted by Crippen LogP contribution is -2.14. The van der Waals surface area contributed by atoms with Crippen LogP contribution in [0.15, 0.2) is 24.5 Å². The molecule has 4 heteroatoms. The molecule has 0 aromatic carbocycles. The SMILES string of the molecule is Cc1nc(-c2cccnc2)sc1CNC1CC1. The number of rotatable bonds is 4. The van der Waals surface area contributed by atoms with E-state index < -0.39 is 0 Å². The first-order valence-electron chi connectivity index (χ1n) is 5.93. The van der Waals surface area contributed by atoms with Crippen LogP contribution in [0.2, 0.25) is 0 Å². The Labute approximate surface area is 105 Å². The van der Waals surface area contributed by atoms with Gasteiger partial charge in [0.2, 0.25) is 0 Å². The average molecular weight is 245 g/mol. The largest absolute Gasteiger partial charge is 0.309 e. The normalized spacial score (nSPS) is 15.1. The molecule has 3 rings (SSSR count). The third-order valence-electron chi connectivity index (χ3n) is 2.93. The highest BCUT2D eigenvalue weighted by Gasteiger charge is 2.21. The topological polar surface area (TPSA) is 37.8 Å². The molecule has 0 unspecified atom stereocenters. The lowest BCUT2D eigenvalue weighted by atomic mass is 10.3. The maximum Gasteiger partial charge on any atom is 0.125 e. The smallest absolute Gasteiger partial charge is 0.125 e. The quantitative estimate of drug-likeness (QED) is 0.900. The Morgan fingerprint density at radius 3 is 3.06 bits per heavy atom. The summed E-state index contributed by atoms with van der Waals surface area (Å²) in [7, 11) is 0. The second-order valence-electron chi connectivity index (χ2n) is 4.42. The third-order valence-corrected chi connectivity index (χ3v) is 4.14. The molecule has 0 aliphatic heterocycles. The first kappa shape index (κ1) is 10.9. The zero-order chi connectivity index (χ0) is 11.7. The van der Waals surface area contributed by atoms with Crippen molar-refractivity contribution in [2.45, 2.75) is 32.4 Å². The minimum absolute atomic E-state index is 0.748. The van der Waals surface area contributed by atoms with Gasteiger partial charge in [0.05, 0.1) is 5.69 Å². The van der Waals surface area contributed by atoms with E-state index in [0.717, 1.165) is 28.9 Å². The summed E-state index contributed by atoms with van der Waals surface area (Å²) in [6, 6.07) is 4.76. The van der Waals surface area contributed by atoms with Crippen LogP contribution in [0, 0.1) is 6.92 Å². The molecule has 2 aromatic heterocycles. The second-order valence-corrected chi connectivity index (χ2v) is 5.51. The van der Waals surface area contributed by atoms with Crippen LogP contribution < -0.4 is 5.32 Å². The summed E-state index contributed by atoms with van der Waals surface area (Å²) in [5.41, 5.74) is 2.25. The molecule has 2 heterocycles.